The first-order chi connectivity index (χ1) is 7.32. The number of hydrogen-bond donors (Lipinski definition) is 0. The molecule has 1 rings (SSSR count). The number of hydrogen-bond acceptors (Lipinski definition) is 6. The Kier molecular flexibility index (Phi) is 3.69. The molecular formula is C9H14N2O4S. The molecule has 0 unspecified atom stereocenters. The zero-order chi connectivity index (χ0) is 12.3. The summed E-state index contributed by atoms with van der Waals surface area (Å²) in [5, 5.41) is -0.303. The highest BCUT2D eigenvalue weighted by Gasteiger charge is 2.15. The third-order valence-corrected chi connectivity index (χ3v) is 2.40. The van der Waals surface area contributed by atoms with E-state index in [4.69, 9.17) is 9.47 Å². The minimum atomic E-state index is -3.48. The average Bonchev–Trinajstić information content (AvgIpc) is 2.14. The monoisotopic (exact) mass is 246 g/mol. The van der Waals surface area contributed by atoms with Gasteiger partial charge in [-0.25, -0.2) is 8.42 Å². The molecule has 0 spiro atoms. The number of aromatic nitrogens is 2. The second-order valence-corrected chi connectivity index (χ2v) is 5.38. The van der Waals surface area contributed by atoms with Crippen molar-refractivity contribution in [2.75, 3.05) is 13.4 Å². The van der Waals surface area contributed by atoms with Crippen LogP contribution >= 0.6 is 0 Å². The summed E-state index contributed by atoms with van der Waals surface area (Å²) in [6, 6.07) is 1.44. The minimum absolute atomic E-state index is 0.105. The molecule has 0 saturated carbocycles. The van der Waals surface area contributed by atoms with Crippen LogP contribution in [0, 0.1) is 0 Å². The maximum absolute atomic E-state index is 11.3. The number of methoxy groups -OCH3 is 1. The molecule has 0 aromatic carbocycles. The van der Waals surface area contributed by atoms with Crippen LogP contribution in [0.4, 0.5) is 0 Å². The number of nitrogens with zero attached hydrogens (tertiary/aromatic N) is 2. The van der Waals surface area contributed by atoms with E-state index in [-0.39, 0.29) is 23.0 Å². The number of sulfone groups is 1. The van der Waals surface area contributed by atoms with Crippen molar-refractivity contribution >= 4 is 9.84 Å². The summed E-state index contributed by atoms with van der Waals surface area (Å²) in [6.45, 7) is 3.63. The molecule has 1 heterocycles. The fraction of sp³-hybridized carbons (Fsp3) is 0.556. The zero-order valence-electron chi connectivity index (χ0n) is 9.59. The van der Waals surface area contributed by atoms with Gasteiger partial charge in [0.05, 0.1) is 19.3 Å². The highest BCUT2D eigenvalue weighted by atomic mass is 32.2. The van der Waals surface area contributed by atoms with E-state index in [1.165, 1.54) is 13.2 Å². The summed E-state index contributed by atoms with van der Waals surface area (Å²) in [5.41, 5.74) is 0. The van der Waals surface area contributed by atoms with E-state index >= 15 is 0 Å². The lowest BCUT2D eigenvalue weighted by molar-refractivity contribution is 0.227. The standard InChI is InChI=1S/C9H14N2O4S/c1-6(2)15-8-5-7(14-3)10-9(11-8)16(4,12)13/h5-6H,1-4H3. The molecule has 0 aliphatic heterocycles. The molecule has 16 heavy (non-hydrogen) atoms. The van der Waals surface area contributed by atoms with Crippen LogP contribution in [0.1, 0.15) is 13.8 Å². The minimum Gasteiger partial charge on any atom is -0.481 e. The van der Waals surface area contributed by atoms with Crippen molar-refractivity contribution in [1.82, 2.24) is 9.97 Å². The Morgan fingerprint density at radius 2 is 1.81 bits per heavy atom. The van der Waals surface area contributed by atoms with Gasteiger partial charge in [0, 0.05) is 6.26 Å². The Hall–Kier alpha value is -1.37. The second-order valence-electron chi connectivity index (χ2n) is 3.47. The summed E-state index contributed by atoms with van der Waals surface area (Å²) in [4.78, 5) is 7.52. The van der Waals surface area contributed by atoms with E-state index in [2.05, 4.69) is 9.97 Å². The van der Waals surface area contributed by atoms with Crippen molar-refractivity contribution in [2.45, 2.75) is 25.1 Å². The summed E-state index contributed by atoms with van der Waals surface area (Å²) < 4.78 is 32.8. The Morgan fingerprint density at radius 1 is 1.25 bits per heavy atom. The number of rotatable bonds is 4. The van der Waals surface area contributed by atoms with Gasteiger partial charge in [-0.2, -0.15) is 9.97 Å². The molecule has 0 radical (unpaired) electrons. The largest absolute Gasteiger partial charge is 0.481 e. The van der Waals surface area contributed by atoms with Gasteiger partial charge in [0.1, 0.15) is 0 Å². The first kappa shape index (κ1) is 12.7. The lowest BCUT2D eigenvalue weighted by atomic mass is 10.5. The van der Waals surface area contributed by atoms with E-state index in [0.717, 1.165) is 6.26 Å². The normalized spacial score (nSPS) is 11.6. The molecule has 0 aliphatic rings. The summed E-state index contributed by atoms with van der Waals surface area (Å²) in [6.07, 6.45) is 0.924. The molecule has 7 heteroatoms. The molecule has 6 nitrogen and oxygen atoms in total. The van der Waals surface area contributed by atoms with Gasteiger partial charge in [0.25, 0.3) is 5.16 Å². The topological polar surface area (TPSA) is 78.4 Å². The van der Waals surface area contributed by atoms with Crippen molar-refractivity contribution < 1.29 is 17.9 Å². The van der Waals surface area contributed by atoms with Gasteiger partial charge >= 0.3 is 0 Å². The van der Waals surface area contributed by atoms with Gasteiger partial charge in [-0.05, 0) is 13.8 Å². The molecular weight excluding hydrogens is 232 g/mol. The Morgan fingerprint density at radius 3 is 2.25 bits per heavy atom. The molecule has 0 N–H and O–H groups in total. The maximum atomic E-state index is 11.3. The highest BCUT2D eigenvalue weighted by Crippen LogP contribution is 2.18. The van der Waals surface area contributed by atoms with Gasteiger partial charge in [-0.1, -0.05) is 0 Å². The van der Waals surface area contributed by atoms with Crippen molar-refractivity contribution in [3.8, 4) is 11.8 Å². The van der Waals surface area contributed by atoms with Crippen LogP contribution in [0.3, 0.4) is 0 Å². The molecule has 0 fully saturated rings. The SMILES string of the molecule is COc1cc(OC(C)C)nc(S(C)(=O)=O)n1. The molecule has 0 bridgehead atoms. The zero-order valence-corrected chi connectivity index (χ0v) is 10.4. The average molecular weight is 246 g/mol. The van der Waals surface area contributed by atoms with Crippen LogP contribution in [0.2, 0.25) is 0 Å². The predicted octanol–water partition coefficient (Wildman–Crippen LogP) is 0.676. The summed E-state index contributed by atoms with van der Waals surface area (Å²) in [7, 11) is -2.08. The van der Waals surface area contributed by atoms with Gasteiger partial charge in [0.2, 0.25) is 21.6 Å². The van der Waals surface area contributed by atoms with E-state index in [0.29, 0.717) is 0 Å². The van der Waals surface area contributed by atoms with Gasteiger partial charge in [-0.15, -0.1) is 0 Å². The molecule has 1 aromatic rings. The molecule has 0 atom stereocenters. The van der Waals surface area contributed by atoms with Crippen molar-refractivity contribution in [1.29, 1.82) is 0 Å². The van der Waals surface area contributed by atoms with Crippen molar-refractivity contribution in [3.05, 3.63) is 6.07 Å². The first-order valence-corrected chi connectivity index (χ1v) is 6.52. The van der Waals surface area contributed by atoms with Gasteiger partial charge < -0.3 is 9.47 Å². The summed E-state index contributed by atoms with van der Waals surface area (Å²) >= 11 is 0. The van der Waals surface area contributed by atoms with Crippen LogP contribution in [-0.2, 0) is 9.84 Å². The predicted molar refractivity (Wildman–Crippen MR) is 57.5 cm³/mol. The van der Waals surface area contributed by atoms with Crippen LogP contribution in [-0.4, -0.2) is 37.9 Å². The van der Waals surface area contributed by atoms with Gasteiger partial charge in [0.15, 0.2) is 0 Å². The summed E-state index contributed by atoms with van der Waals surface area (Å²) in [5.74, 6) is 0.341. The third kappa shape index (κ3) is 3.34. The smallest absolute Gasteiger partial charge is 0.253 e. The fourth-order valence-corrected chi connectivity index (χ4v) is 1.47. The second kappa shape index (κ2) is 4.65. The van der Waals surface area contributed by atoms with Crippen LogP contribution in [0.25, 0.3) is 0 Å². The van der Waals surface area contributed by atoms with E-state index in [9.17, 15) is 8.42 Å². The molecule has 0 amide bonds. The Bertz CT molecular complexity index is 470. The number of ether oxygens (including phenoxy) is 2. The Balaban J connectivity index is 3.21. The first-order valence-electron chi connectivity index (χ1n) is 4.62. The molecule has 90 valence electrons. The molecule has 1 aromatic heterocycles. The van der Waals surface area contributed by atoms with E-state index in [1.54, 1.807) is 0 Å². The lowest BCUT2D eigenvalue weighted by Gasteiger charge is -2.10. The Labute approximate surface area is 94.5 Å². The fourth-order valence-electron chi connectivity index (χ4n) is 0.956. The van der Waals surface area contributed by atoms with E-state index in [1.807, 2.05) is 13.8 Å². The van der Waals surface area contributed by atoms with Crippen molar-refractivity contribution in [2.24, 2.45) is 0 Å². The third-order valence-electron chi connectivity index (χ3n) is 1.56. The van der Waals surface area contributed by atoms with Crippen LogP contribution < -0.4 is 9.47 Å². The van der Waals surface area contributed by atoms with E-state index < -0.39 is 9.84 Å². The maximum Gasteiger partial charge on any atom is 0.253 e. The van der Waals surface area contributed by atoms with Gasteiger partial charge in [-0.3, -0.25) is 0 Å². The quantitative estimate of drug-likeness (QED) is 0.727. The molecule has 0 aliphatic carbocycles. The van der Waals surface area contributed by atoms with Crippen molar-refractivity contribution in [3.63, 3.8) is 0 Å². The molecule has 0 saturated heterocycles. The van der Waals surface area contributed by atoms with Crippen LogP contribution in [0.5, 0.6) is 11.8 Å². The highest BCUT2D eigenvalue weighted by molar-refractivity contribution is 7.90. The van der Waals surface area contributed by atoms with Crippen LogP contribution in [0.15, 0.2) is 11.2 Å². The lowest BCUT2D eigenvalue weighted by Crippen LogP contribution is -2.11.